The van der Waals surface area contributed by atoms with Crippen molar-refractivity contribution in [2.75, 3.05) is 0 Å². The number of rotatable bonds is 0. The first-order valence-electron chi connectivity index (χ1n) is 0.365. The summed E-state index contributed by atoms with van der Waals surface area (Å²) in [4.78, 5) is 8.00. The summed E-state index contributed by atoms with van der Waals surface area (Å²) in [6.45, 7) is 0. The van der Waals surface area contributed by atoms with Crippen molar-refractivity contribution in [3.63, 3.8) is 0 Å². The maximum absolute atomic E-state index is 8.00. The van der Waals surface area contributed by atoms with Gasteiger partial charge in [-0.15, -0.1) is 5.34 Å². The van der Waals surface area contributed by atoms with E-state index < -0.39 is 0 Å². The minimum Gasteiger partial charge on any atom is -0.444 e. The predicted molar refractivity (Wildman–Crippen MR) is 15.9 cm³/mol. The van der Waals surface area contributed by atoms with Crippen LogP contribution in [0.3, 0.4) is 0 Å². The maximum atomic E-state index is 8.00. The van der Waals surface area contributed by atoms with Crippen LogP contribution in [0.15, 0.2) is 5.34 Å². The van der Waals surface area contributed by atoms with Gasteiger partial charge in [-0.25, -0.2) is 0 Å². The molecular weight excluding hydrogens is 259 g/mol. The Balaban J connectivity index is -0.0000000200. The van der Waals surface area contributed by atoms with Crippen LogP contribution in [0.5, 0.6) is 0 Å². The molecule has 0 unspecified atom stereocenters. The van der Waals surface area contributed by atoms with Gasteiger partial charge < -0.3 is 10.1 Å². The average Bonchev–Trinajstić information content (AvgIpc) is 0.918. The number of hydrogen-bond donors (Lipinski definition) is 0. The molecule has 0 atom stereocenters. The molecule has 0 amide bonds. The Hall–Kier alpha value is 0.335. The fourth-order valence-corrected chi connectivity index (χ4v) is 0. The summed E-state index contributed by atoms with van der Waals surface area (Å²) in [7, 11) is 0. The van der Waals surface area contributed by atoms with Crippen molar-refractivity contribution >= 4 is 0 Å². The van der Waals surface area contributed by atoms with Gasteiger partial charge in [0.15, 0.2) is 0 Å². The van der Waals surface area contributed by atoms with Crippen LogP contribution in [-0.4, -0.2) is 0 Å². The fraction of sp³-hybridized carbons (Fsp3) is 1.00. The molecule has 0 saturated carbocycles. The summed E-state index contributed by atoms with van der Waals surface area (Å²) >= 11 is 0. The maximum Gasteiger partial charge on any atom is 1.00 e. The number of nitrogens with zero attached hydrogens (tertiary/aromatic N) is 1. The van der Waals surface area contributed by atoms with Crippen molar-refractivity contribution in [3.05, 3.63) is 10.1 Å². The second kappa shape index (κ2) is 27.1. The third kappa shape index (κ3) is 211. The van der Waals surface area contributed by atoms with Gasteiger partial charge in [-0.1, -0.05) is 7.43 Å². The van der Waals surface area contributed by atoms with Gasteiger partial charge in [0.2, 0.25) is 0 Å². The Morgan fingerprint density at radius 1 is 1.60 bits per heavy atom. The van der Waals surface area contributed by atoms with Gasteiger partial charge in [0.05, 0.1) is 0 Å². The van der Waals surface area contributed by atoms with Crippen LogP contribution in [0.4, 0.5) is 0 Å². The number of hydrogen-bond acceptors (Lipinski definition) is 3. The van der Waals surface area contributed by atoms with Crippen LogP contribution < -0.4 is 0 Å². The molecule has 0 aliphatic rings. The Morgan fingerprint density at radius 2 is 1.60 bits per heavy atom. The average molecular weight is 263 g/mol. The second-order valence-electron chi connectivity index (χ2n) is 0.0745. The molecule has 0 fully saturated rings. The summed E-state index contributed by atoms with van der Waals surface area (Å²) in [6.07, 6.45) is 0. The van der Waals surface area contributed by atoms with Gasteiger partial charge in [-0.3, -0.25) is 0 Å². The van der Waals surface area contributed by atoms with Crippen molar-refractivity contribution in [2.24, 2.45) is 5.34 Å². The van der Waals surface area contributed by atoms with Crippen molar-refractivity contribution in [2.45, 2.75) is 7.43 Å². The monoisotopic (exact) mass is 264 g/mol. The molecule has 5 heavy (non-hydrogen) atoms. The smallest absolute Gasteiger partial charge is 0.444 e. The molecule has 0 rings (SSSR count). The minimum atomic E-state index is 0. The third-order valence-electron chi connectivity index (χ3n) is 0. The first-order valence-corrected chi connectivity index (χ1v) is 0.365. The van der Waals surface area contributed by atoms with Gasteiger partial charge in [-0.2, -0.15) is 0 Å². The van der Waals surface area contributed by atoms with E-state index in [4.69, 9.17) is 10.1 Å². The molecule has 0 aromatic heterocycles. The summed E-state index contributed by atoms with van der Waals surface area (Å²) in [5.74, 6) is 0. The van der Waals surface area contributed by atoms with E-state index in [9.17, 15) is 0 Å². The topological polar surface area (TPSA) is 52.5 Å². The van der Waals surface area contributed by atoms with Gasteiger partial charge in [0.25, 0.3) is 0 Å². The molecule has 0 aliphatic carbocycles. The largest absolute Gasteiger partial charge is 1.00 e. The summed E-state index contributed by atoms with van der Waals surface area (Å²) < 4.78 is 0. The van der Waals surface area contributed by atoms with Gasteiger partial charge >= 0.3 is 27.7 Å². The van der Waals surface area contributed by atoms with Crippen molar-refractivity contribution in [3.8, 4) is 0 Å². The van der Waals surface area contributed by atoms with Crippen molar-refractivity contribution < 1.29 is 27.7 Å². The van der Waals surface area contributed by atoms with Gasteiger partial charge in [-0.05, 0) is 0 Å². The SMILES string of the molecule is C.O=N[O-].[Hg+]. The van der Waals surface area contributed by atoms with Crippen LogP contribution in [0.1, 0.15) is 7.43 Å². The van der Waals surface area contributed by atoms with Crippen LogP contribution in [0.2, 0.25) is 0 Å². The molecule has 3 nitrogen and oxygen atoms in total. The molecule has 0 spiro atoms. The summed E-state index contributed by atoms with van der Waals surface area (Å²) in [5.41, 5.74) is 0. The van der Waals surface area contributed by atoms with E-state index in [-0.39, 0.29) is 35.1 Å². The molecule has 0 aromatic carbocycles. The van der Waals surface area contributed by atoms with Gasteiger partial charge in [0.1, 0.15) is 0 Å². The summed E-state index contributed by atoms with van der Waals surface area (Å²) in [6, 6.07) is 0. The molecule has 1 radical (unpaired) electrons. The fourth-order valence-electron chi connectivity index (χ4n) is 0. The third-order valence-corrected chi connectivity index (χ3v) is 0. The molecule has 0 heterocycles. The van der Waals surface area contributed by atoms with E-state index in [1.165, 1.54) is 0 Å². The van der Waals surface area contributed by atoms with Crippen LogP contribution in [0.25, 0.3) is 0 Å². The molecule has 0 aromatic rings. The zero-order valence-corrected chi connectivity index (χ0v) is 7.47. The first kappa shape index (κ1) is 18.4. The van der Waals surface area contributed by atoms with Crippen LogP contribution >= 0.6 is 0 Å². The molecule has 0 bridgehead atoms. The Morgan fingerprint density at radius 3 is 1.60 bits per heavy atom. The van der Waals surface area contributed by atoms with E-state index in [2.05, 4.69) is 0 Å². The predicted octanol–water partition coefficient (Wildman–Crippen LogP) is 0.884. The van der Waals surface area contributed by atoms with Crippen molar-refractivity contribution in [1.29, 1.82) is 0 Å². The van der Waals surface area contributed by atoms with Crippen molar-refractivity contribution in [1.82, 2.24) is 0 Å². The van der Waals surface area contributed by atoms with E-state index in [0.717, 1.165) is 5.34 Å². The standard InChI is InChI=1S/CH4.Hg.HNO2/c;;2-1-3/h1H4;;(H,2,3)/q;+1;/p-1. The molecule has 27 valence electrons. The van der Waals surface area contributed by atoms with E-state index in [1.807, 2.05) is 0 Å². The zero-order valence-electron chi connectivity index (χ0n) is 1.97. The Labute approximate surface area is 50.8 Å². The van der Waals surface area contributed by atoms with Crippen LogP contribution in [-0.2, 0) is 27.7 Å². The van der Waals surface area contributed by atoms with Gasteiger partial charge in [0, 0.05) is 0 Å². The molecule has 0 aliphatic heterocycles. The molecule has 0 N–H and O–H groups in total. The second-order valence-corrected chi connectivity index (χ2v) is 0.0745. The molecule has 4 heteroatoms. The van der Waals surface area contributed by atoms with Crippen LogP contribution in [0, 0.1) is 10.1 Å². The van der Waals surface area contributed by atoms with E-state index in [0.29, 0.717) is 0 Å². The quantitative estimate of drug-likeness (QED) is 0.370. The minimum absolute atomic E-state index is 0. The zero-order chi connectivity index (χ0) is 2.71. The first-order chi connectivity index (χ1) is 1.41. The van der Waals surface area contributed by atoms with E-state index in [1.54, 1.807) is 0 Å². The Kier molecular flexibility index (Phi) is 99.5. The molecular formula is CH4HgNO2. The summed E-state index contributed by atoms with van der Waals surface area (Å²) in [5, 5.41) is 9.00. The normalized spacial score (nSPS) is 2.40. The molecule has 0 saturated heterocycles. The Bertz CT molecular complexity index is 17.1. The van der Waals surface area contributed by atoms with E-state index >= 15 is 0 Å².